The summed E-state index contributed by atoms with van der Waals surface area (Å²) in [7, 11) is 0. The number of carbonyl (C=O) groups is 2. The van der Waals surface area contributed by atoms with E-state index < -0.39 is 11.8 Å². The third kappa shape index (κ3) is 3.25. The number of primary amides is 2. The first-order chi connectivity index (χ1) is 14.0. The number of hydrogen-bond acceptors (Lipinski definition) is 7. The van der Waals surface area contributed by atoms with Gasteiger partial charge in [-0.2, -0.15) is 4.98 Å². The molecule has 1 aliphatic heterocycles. The smallest absolute Gasteiger partial charge is 0.269 e. The van der Waals surface area contributed by atoms with Crippen LogP contribution in [0.3, 0.4) is 0 Å². The number of nitrogens with two attached hydrogens (primary N) is 2. The lowest BCUT2D eigenvalue weighted by atomic mass is 10.2. The van der Waals surface area contributed by atoms with Crippen molar-refractivity contribution in [2.45, 2.75) is 13.3 Å². The molecule has 29 heavy (non-hydrogen) atoms. The summed E-state index contributed by atoms with van der Waals surface area (Å²) in [5, 5.41) is 2.85. The first-order valence-corrected chi connectivity index (χ1v) is 9.08. The summed E-state index contributed by atoms with van der Waals surface area (Å²) >= 11 is 0. The second-order valence-corrected chi connectivity index (χ2v) is 6.50. The van der Waals surface area contributed by atoms with Gasteiger partial charge in [0.05, 0.1) is 5.69 Å². The van der Waals surface area contributed by atoms with Gasteiger partial charge in [-0.1, -0.05) is 37.3 Å². The lowest BCUT2D eigenvalue weighted by molar-refractivity contribution is -0.118. The minimum atomic E-state index is -0.792. The Bertz CT molecular complexity index is 1120. The molecule has 10 nitrogen and oxygen atoms in total. The molecule has 1 aromatic carbocycles. The Labute approximate surface area is 166 Å². The summed E-state index contributed by atoms with van der Waals surface area (Å²) in [5.41, 5.74) is 15.7. The molecular formula is C19H20N8O2. The van der Waals surface area contributed by atoms with Crippen LogP contribution in [-0.2, 0) is 9.59 Å². The highest BCUT2D eigenvalue weighted by molar-refractivity contribution is 6.06. The van der Waals surface area contributed by atoms with Gasteiger partial charge in [0.15, 0.2) is 11.5 Å². The second kappa shape index (κ2) is 7.24. The molecule has 0 radical (unpaired) electrons. The molecule has 0 atom stereocenters. The van der Waals surface area contributed by atoms with Gasteiger partial charge in [-0.3, -0.25) is 19.0 Å². The average Bonchev–Trinajstić information content (AvgIpc) is 3.30. The summed E-state index contributed by atoms with van der Waals surface area (Å²) in [5.74, 6) is -0.759. The molecule has 2 aromatic heterocycles. The maximum absolute atomic E-state index is 12.1. The Morgan fingerprint density at radius 2 is 1.76 bits per heavy atom. The first kappa shape index (κ1) is 18.4. The number of anilines is 1. The van der Waals surface area contributed by atoms with Gasteiger partial charge in [0.25, 0.3) is 11.8 Å². The molecule has 5 N–H and O–H groups in total. The molecule has 10 heteroatoms. The quantitative estimate of drug-likeness (QED) is 0.557. The summed E-state index contributed by atoms with van der Waals surface area (Å²) in [6.07, 6.45) is 4.35. The molecule has 4 rings (SSSR count). The van der Waals surface area contributed by atoms with Crippen LogP contribution in [-0.4, -0.2) is 37.7 Å². The number of hydrogen-bond donors (Lipinski definition) is 3. The molecule has 1 aliphatic rings. The van der Waals surface area contributed by atoms with Crippen LogP contribution in [0.15, 0.2) is 60.2 Å². The monoisotopic (exact) mass is 392 g/mol. The number of carbonyl (C=O) groups excluding carboxylic acids is 2. The van der Waals surface area contributed by atoms with E-state index in [0.717, 1.165) is 17.7 Å². The Balaban J connectivity index is 1.77. The zero-order valence-corrected chi connectivity index (χ0v) is 15.7. The van der Waals surface area contributed by atoms with Crippen molar-refractivity contribution in [2.24, 2.45) is 11.5 Å². The van der Waals surface area contributed by atoms with Crippen molar-refractivity contribution in [3.8, 4) is 11.3 Å². The molecule has 0 saturated heterocycles. The van der Waals surface area contributed by atoms with E-state index in [4.69, 9.17) is 11.5 Å². The Hall–Kier alpha value is -3.92. The number of rotatable bonds is 6. The fourth-order valence-electron chi connectivity index (χ4n) is 3.22. The van der Waals surface area contributed by atoms with Gasteiger partial charge in [-0.15, -0.1) is 5.53 Å². The second-order valence-electron chi connectivity index (χ2n) is 6.50. The van der Waals surface area contributed by atoms with Crippen molar-refractivity contribution < 1.29 is 9.59 Å². The van der Waals surface area contributed by atoms with Crippen LogP contribution in [0, 0.1) is 0 Å². The van der Waals surface area contributed by atoms with Gasteiger partial charge in [-0.05, 0) is 12.5 Å². The van der Waals surface area contributed by atoms with Crippen molar-refractivity contribution in [1.82, 2.24) is 24.9 Å². The Kier molecular flexibility index (Phi) is 4.61. The van der Waals surface area contributed by atoms with Gasteiger partial charge in [0.1, 0.15) is 5.70 Å². The molecule has 0 aliphatic carbocycles. The van der Waals surface area contributed by atoms with Crippen molar-refractivity contribution >= 4 is 23.4 Å². The van der Waals surface area contributed by atoms with Crippen molar-refractivity contribution in [1.29, 1.82) is 0 Å². The number of imidazole rings is 1. The van der Waals surface area contributed by atoms with Crippen LogP contribution in [0.2, 0.25) is 0 Å². The van der Waals surface area contributed by atoms with E-state index in [1.807, 2.05) is 43.5 Å². The zero-order chi connectivity index (χ0) is 20.5. The standard InChI is InChI=1S/C19H20N8O2/c1-2-9-26-15(17(20)28)16(18(21)29)27(24-26)14-8-10-25-11-13(22-19(25)23-14)12-6-4-3-5-7-12/h3-8,10-11,24H,2,9H2,1H3,(H2,20,28)(H2,21,29). The topological polar surface area (TPSA) is 135 Å². The zero-order valence-electron chi connectivity index (χ0n) is 15.7. The van der Waals surface area contributed by atoms with Crippen LogP contribution in [0.1, 0.15) is 13.3 Å². The molecular weight excluding hydrogens is 372 g/mol. The van der Waals surface area contributed by atoms with Gasteiger partial charge in [0.2, 0.25) is 5.78 Å². The van der Waals surface area contributed by atoms with Gasteiger partial charge in [-0.25, -0.2) is 9.99 Å². The fraction of sp³-hybridized carbons (Fsp3) is 0.158. The molecule has 0 unspecified atom stereocenters. The molecule has 3 heterocycles. The van der Waals surface area contributed by atoms with Crippen molar-refractivity contribution in [3.63, 3.8) is 0 Å². The van der Waals surface area contributed by atoms with E-state index in [1.54, 1.807) is 16.7 Å². The Morgan fingerprint density at radius 3 is 2.41 bits per heavy atom. The predicted molar refractivity (Wildman–Crippen MR) is 106 cm³/mol. The number of nitrogens with zero attached hydrogens (tertiary/aromatic N) is 5. The highest BCUT2D eigenvalue weighted by Crippen LogP contribution is 2.26. The van der Waals surface area contributed by atoms with Gasteiger partial charge < -0.3 is 11.5 Å². The highest BCUT2D eigenvalue weighted by atomic mass is 16.2. The molecule has 0 bridgehead atoms. The van der Waals surface area contributed by atoms with Crippen LogP contribution in [0.25, 0.3) is 17.0 Å². The molecule has 0 spiro atoms. The number of fused-ring (bicyclic) bond motifs is 1. The maximum Gasteiger partial charge on any atom is 0.269 e. The van der Waals surface area contributed by atoms with E-state index in [2.05, 4.69) is 15.5 Å². The van der Waals surface area contributed by atoms with Crippen molar-refractivity contribution in [2.75, 3.05) is 11.6 Å². The number of benzene rings is 1. The van der Waals surface area contributed by atoms with E-state index in [-0.39, 0.29) is 11.4 Å². The highest BCUT2D eigenvalue weighted by Gasteiger charge is 2.36. The van der Waals surface area contributed by atoms with E-state index >= 15 is 0 Å². The number of hydrazine groups is 2. The van der Waals surface area contributed by atoms with Crippen LogP contribution in [0.5, 0.6) is 0 Å². The normalized spacial score (nSPS) is 14.1. The van der Waals surface area contributed by atoms with Crippen LogP contribution >= 0.6 is 0 Å². The van der Waals surface area contributed by atoms with Gasteiger partial charge in [0, 0.05) is 24.5 Å². The SMILES string of the molecule is CCCN1NN(c2ccn3cc(-c4ccccc4)nc3n2)C(C(N)=O)=C1C(N)=O. The lowest BCUT2D eigenvalue weighted by Gasteiger charge is -2.23. The van der Waals surface area contributed by atoms with Crippen LogP contribution < -0.4 is 22.0 Å². The van der Waals surface area contributed by atoms with Crippen LogP contribution in [0.4, 0.5) is 5.82 Å². The molecule has 2 amide bonds. The Morgan fingerprint density at radius 1 is 1.03 bits per heavy atom. The lowest BCUT2D eigenvalue weighted by Crippen LogP contribution is -2.44. The first-order valence-electron chi connectivity index (χ1n) is 9.08. The third-order valence-electron chi connectivity index (χ3n) is 4.46. The average molecular weight is 392 g/mol. The van der Waals surface area contributed by atoms with E-state index in [1.165, 1.54) is 10.0 Å². The molecule has 3 aromatic rings. The fourth-order valence-corrected chi connectivity index (χ4v) is 3.22. The summed E-state index contributed by atoms with van der Waals surface area (Å²) in [4.78, 5) is 33.1. The largest absolute Gasteiger partial charge is 0.364 e. The summed E-state index contributed by atoms with van der Waals surface area (Å²) in [6.45, 7) is 2.39. The molecule has 0 saturated carbocycles. The number of amides is 2. The summed E-state index contributed by atoms with van der Waals surface area (Å²) in [6, 6.07) is 11.4. The third-order valence-corrected chi connectivity index (χ3v) is 4.46. The summed E-state index contributed by atoms with van der Waals surface area (Å²) < 4.78 is 1.77. The molecule has 0 fully saturated rings. The maximum atomic E-state index is 12.1. The minimum Gasteiger partial charge on any atom is -0.364 e. The molecule has 148 valence electrons. The van der Waals surface area contributed by atoms with E-state index in [9.17, 15) is 9.59 Å². The van der Waals surface area contributed by atoms with Crippen molar-refractivity contribution in [3.05, 3.63) is 60.2 Å². The number of nitrogens with one attached hydrogen (secondary N) is 1. The predicted octanol–water partition coefficient (Wildman–Crippen LogP) is 0.530. The minimum absolute atomic E-state index is 0.00865. The van der Waals surface area contributed by atoms with Gasteiger partial charge >= 0.3 is 0 Å². The van der Waals surface area contributed by atoms with E-state index in [0.29, 0.717) is 18.1 Å². The number of aromatic nitrogens is 3.